The molecule has 0 N–H and O–H groups in total. The van der Waals surface area contributed by atoms with Gasteiger partial charge >= 0.3 is 5.97 Å². The second-order valence-electron chi connectivity index (χ2n) is 11.0. The molecular weight excluding hydrogens is 604 g/mol. The predicted molar refractivity (Wildman–Crippen MR) is 168 cm³/mol. The molecule has 44 heavy (non-hydrogen) atoms. The SMILES string of the molecule is CCOC(=O)c1oc2ccc(S(=O)(=O)N(CC)c3ccc(Cl)cc3CN(Cc3ccco3)C(=O)C3CCCCC3)cc2c1C. The van der Waals surface area contributed by atoms with E-state index in [0.29, 0.717) is 38.6 Å². The fourth-order valence-electron chi connectivity index (χ4n) is 5.89. The molecule has 1 saturated carbocycles. The molecule has 4 aromatic rings. The number of ether oxygens (including phenoxy) is 1. The summed E-state index contributed by atoms with van der Waals surface area (Å²) in [6.45, 7) is 5.88. The molecule has 1 fully saturated rings. The van der Waals surface area contributed by atoms with Crippen molar-refractivity contribution in [3.05, 3.63) is 82.5 Å². The smallest absolute Gasteiger partial charge is 0.374 e. The number of fused-ring (bicyclic) bond motifs is 1. The molecule has 0 aliphatic heterocycles. The van der Waals surface area contributed by atoms with Gasteiger partial charge < -0.3 is 18.5 Å². The van der Waals surface area contributed by atoms with Crippen LogP contribution in [0.15, 0.2) is 68.5 Å². The first-order valence-corrected chi connectivity index (χ1v) is 16.8. The summed E-state index contributed by atoms with van der Waals surface area (Å²) in [7, 11) is -4.08. The monoisotopic (exact) mass is 640 g/mol. The van der Waals surface area contributed by atoms with E-state index in [4.69, 9.17) is 25.2 Å². The maximum Gasteiger partial charge on any atom is 0.374 e. The average Bonchev–Trinajstić information content (AvgIpc) is 3.65. The Morgan fingerprint density at radius 1 is 1.02 bits per heavy atom. The lowest BCUT2D eigenvalue weighted by Gasteiger charge is -2.31. The number of anilines is 1. The topological polar surface area (TPSA) is 110 Å². The molecule has 9 nitrogen and oxygen atoms in total. The van der Waals surface area contributed by atoms with Crippen molar-refractivity contribution in [2.75, 3.05) is 17.5 Å². The summed E-state index contributed by atoms with van der Waals surface area (Å²) in [5.41, 5.74) is 1.91. The van der Waals surface area contributed by atoms with E-state index < -0.39 is 16.0 Å². The predicted octanol–water partition coefficient (Wildman–Crippen LogP) is 7.49. The molecule has 1 aliphatic rings. The van der Waals surface area contributed by atoms with Crippen molar-refractivity contribution in [3.8, 4) is 0 Å². The van der Waals surface area contributed by atoms with Gasteiger partial charge in [-0.3, -0.25) is 9.10 Å². The van der Waals surface area contributed by atoms with Gasteiger partial charge in [0.05, 0.1) is 30.0 Å². The molecule has 234 valence electrons. The standard InChI is InChI=1S/C33H37ClN2O7S/c1-4-36(44(39,40)27-14-16-30-28(19-27)22(3)31(43-30)33(38)41-5-2)29-15-13-25(34)18-24(29)20-35(21-26-12-9-17-42-26)32(37)23-10-7-6-8-11-23/h9,12-19,23H,4-8,10-11,20-21H2,1-3H3. The van der Waals surface area contributed by atoms with Crippen molar-refractivity contribution in [2.24, 2.45) is 5.92 Å². The van der Waals surface area contributed by atoms with Gasteiger partial charge in [0.15, 0.2) is 0 Å². The lowest BCUT2D eigenvalue weighted by Crippen LogP contribution is -2.37. The quantitative estimate of drug-likeness (QED) is 0.156. The Hall–Kier alpha value is -3.76. The molecule has 0 bridgehead atoms. The second-order valence-corrected chi connectivity index (χ2v) is 13.3. The second kappa shape index (κ2) is 13.5. The minimum absolute atomic E-state index is 0.0243. The van der Waals surface area contributed by atoms with Crippen LogP contribution in [-0.4, -0.2) is 38.3 Å². The van der Waals surface area contributed by atoms with Gasteiger partial charge in [-0.25, -0.2) is 13.2 Å². The van der Waals surface area contributed by atoms with E-state index in [1.165, 1.54) is 16.4 Å². The number of halogens is 1. The van der Waals surface area contributed by atoms with Crippen molar-refractivity contribution in [1.82, 2.24) is 4.90 Å². The molecule has 2 aromatic heterocycles. The van der Waals surface area contributed by atoms with E-state index in [9.17, 15) is 18.0 Å². The number of benzene rings is 2. The van der Waals surface area contributed by atoms with Crippen LogP contribution in [0.25, 0.3) is 11.0 Å². The largest absolute Gasteiger partial charge is 0.467 e. The molecule has 0 radical (unpaired) electrons. The third-order valence-corrected chi connectivity index (χ3v) is 10.2. The Balaban J connectivity index is 1.51. The van der Waals surface area contributed by atoms with Crippen LogP contribution in [0.4, 0.5) is 5.69 Å². The van der Waals surface area contributed by atoms with Gasteiger partial charge in [-0.1, -0.05) is 30.9 Å². The number of hydrogen-bond donors (Lipinski definition) is 0. The molecule has 0 atom stereocenters. The molecule has 5 rings (SSSR count). The third kappa shape index (κ3) is 6.51. The van der Waals surface area contributed by atoms with Crippen LogP contribution < -0.4 is 4.31 Å². The molecule has 1 aliphatic carbocycles. The highest BCUT2D eigenvalue weighted by Gasteiger charge is 2.31. The Labute approximate surface area is 262 Å². The van der Waals surface area contributed by atoms with Crippen LogP contribution in [0.3, 0.4) is 0 Å². The van der Waals surface area contributed by atoms with Crippen LogP contribution >= 0.6 is 11.6 Å². The molecule has 11 heteroatoms. The number of carbonyl (C=O) groups is 2. The zero-order valence-electron chi connectivity index (χ0n) is 25.2. The number of sulfonamides is 1. The number of hydrogen-bond acceptors (Lipinski definition) is 7. The number of aryl methyl sites for hydroxylation is 1. The molecule has 2 aromatic carbocycles. The van der Waals surface area contributed by atoms with Crippen LogP contribution in [-0.2, 0) is 32.6 Å². The number of amides is 1. The first kappa shape index (κ1) is 31.7. The molecular formula is C33H37ClN2O7S. The van der Waals surface area contributed by atoms with E-state index in [-0.39, 0.29) is 48.7 Å². The molecule has 0 unspecified atom stereocenters. The summed E-state index contributed by atoms with van der Waals surface area (Å²) in [4.78, 5) is 28.0. The zero-order valence-corrected chi connectivity index (χ0v) is 26.7. The molecule has 0 saturated heterocycles. The normalized spacial score (nSPS) is 14.1. The van der Waals surface area contributed by atoms with E-state index in [0.717, 1.165) is 32.1 Å². The minimum atomic E-state index is -4.08. The number of nitrogens with zero attached hydrogens (tertiary/aromatic N) is 2. The summed E-state index contributed by atoms with van der Waals surface area (Å²) in [5.74, 6) is 0.0215. The van der Waals surface area contributed by atoms with Gasteiger partial charge in [0.25, 0.3) is 10.0 Å². The maximum atomic E-state index is 14.2. The summed E-state index contributed by atoms with van der Waals surface area (Å²) in [6.07, 6.45) is 6.38. The van der Waals surface area contributed by atoms with Crippen molar-refractivity contribution in [1.29, 1.82) is 0 Å². The van der Waals surface area contributed by atoms with E-state index in [1.807, 2.05) is 6.07 Å². The van der Waals surface area contributed by atoms with Crippen molar-refractivity contribution < 1.29 is 31.6 Å². The lowest BCUT2D eigenvalue weighted by molar-refractivity contribution is -0.138. The first-order valence-electron chi connectivity index (χ1n) is 15.0. The zero-order chi connectivity index (χ0) is 31.4. The Morgan fingerprint density at radius 2 is 1.80 bits per heavy atom. The Bertz CT molecular complexity index is 1740. The molecule has 2 heterocycles. The summed E-state index contributed by atoms with van der Waals surface area (Å²) < 4.78 is 46.1. The first-order chi connectivity index (χ1) is 21.1. The van der Waals surface area contributed by atoms with Crippen LogP contribution in [0.1, 0.15) is 73.4 Å². The van der Waals surface area contributed by atoms with Gasteiger partial charge in [-0.15, -0.1) is 0 Å². The van der Waals surface area contributed by atoms with Gasteiger partial charge in [-0.05, 0) is 87.7 Å². The van der Waals surface area contributed by atoms with Crippen LogP contribution in [0.2, 0.25) is 5.02 Å². The van der Waals surface area contributed by atoms with Crippen LogP contribution in [0.5, 0.6) is 0 Å². The number of carbonyl (C=O) groups excluding carboxylic acids is 2. The number of rotatable bonds is 11. The Morgan fingerprint density at radius 3 is 2.48 bits per heavy atom. The molecule has 0 spiro atoms. The van der Waals surface area contributed by atoms with E-state index in [1.54, 1.807) is 62.3 Å². The number of furan rings is 2. The van der Waals surface area contributed by atoms with Gasteiger partial charge in [0.1, 0.15) is 11.3 Å². The van der Waals surface area contributed by atoms with Crippen molar-refractivity contribution in [3.63, 3.8) is 0 Å². The minimum Gasteiger partial charge on any atom is -0.467 e. The van der Waals surface area contributed by atoms with Gasteiger partial charge in [0.2, 0.25) is 11.7 Å². The number of esters is 1. The third-order valence-electron chi connectivity index (χ3n) is 8.11. The van der Waals surface area contributed by atoms with Crippen molar-refractivity contribution in [2.45, 2.75) is 70.9 Å². The average molecular weight is 641 g/mol. The Kier molecular flexibility index (Phi) is 9.70. The summed E-state index contributed by atoms with van der Waals surface area (Å²) >= 11 is 6.45. The fraction of sp³-hybridized carbons (Fsp3) is 0.394. The van der Waals surface area contributed by atoms with Gasteiger partial charge in [-0.2, -0.15) is 0 Å². The van der Waals surface area contributed by atoms with Crippen molar-refractivity contribution >= 4 is 50.2 Å². The summed E-state index contributed by atoms with van der Waals surface area (Å²) in [5, 5.41) is 0.936. The molecule has 1 amide bonds. The lowest BCUT2D eigenvalue weighted by atomic mass is 9.88. The highest BCUT2D eigenvalue weighted by molar-refractivity contribution is 7.92. The highest BCUT2D eigenvalue weighted by atomic mass is 35.5. The van der Waals surface area contributed by atoms with Gasteiger partial charge in [0, 0.05) is 35.0 Å². The summed E-state index contributed by atoms with van der Waals surface area (Å²) in [6, 6.07) is 13.2. The fourth-order valence-corrected chi connectivity index (χ4v) is 7.62. The van der Waals surface area contributed by atoms with E-state index >= 15 is 0 Å². The van der Waals surface area contributed by atoms with Crippen LogP contribution in [0, 0.1) is 12.8 Å². The van der Waals surface area contributed by atoms with E-state index in [2.05, 4.69) is 0 Å². The maximum absolute atomic E-state index is 14.2. The highest BCUT2D eigenvalue weighted by Crippen LogP contribution is 2.34.